The molecule has 0 unspecified atom stereocenters. The Bertz CT molecular complexity index is 1280. The number of aryl methyl sites for hydroxylation is 2. The maximum Gasteiger partial charge on any atom is 0.263 e. The van der Waals surface area contributed by atoms with Crippen molar-refractivity contribution in [3.8, 4) is 5.88 Å². The molecule has 0 fully saturated rings. The van der Waals surface area contributed by atoms with Gasteiger partial charge in [0.15, 0.2) is 0 Å². The number of anilines is 1. The van der Waals surface area contributed by atoms with Crippen LogP contribution in [0.2, 0.25) is 0 Å². The number of ether oxygens (including phenoxy) is 1. The molecule has 0 aliphatic carbocycles. The summed E-state index contributed by atoms with van der Waals surface area (Å²) in [4.78, 5) is 13.4. The lowest BCUT2D eigenvalue weighted by molar-refractivity contribution is 0.300. The molecule has 0 aliphatic rings. The number of hydrogen-bond acceptors (Lipinski definition) is 6. The number of nitrogens with zero attached hydrogens (tertiary/aromatic N) is 3. The van der Waals surface area contributed by atoms with Crippen LogP contribution in [-0.4, -0.2) is 30.0 Å². The maximum atomic E-state index is 12.9. The van der Waals surface area contributed by atoms with Crippen molar-refractivity contribution in [1.82, 2.24) is 15.0 Å². The van der Waals surface area contributed by atoms with Crippen molar-refractivity contribution in [2.45, 2.75) is 24.7 Å². The second-order valence-corrected chi connectivity index (χ2v) is 8.74. The maximum absolute atomic E-state index is 12.9. The Morgan fingerprint density at radius 1 is 0.903 bits per heavy atom. The monoisotopic (exact) mass is 434 g/mol. The lowest BCUT2D eigenvalue weighted by atomic mass is 10.2. The first-order chi connectivity index (χ1) is 15.0. The van der Waals surface area contributed by atoms with Crippen LogP contribution in [0.15, 0.2) is 77.8 Å². The van der Waals surface area contributed by atoms with Crippen LogP contribution in [0.1, 0.15) is 17.7 Å². The van der Waals surface area contributed by atoms with Crippen molar-refractivity contribution in [1.29, 1.82) is 0 Å². The highest BCUT2D eigenvalue weighted by Gasteiger charge is 2.19. The van der Waals surface area contributed by atoms with Gasteiger partial charge in [-0.3, -0.25) is 9.71 Å². The van der Waals surface area contributed by atoms with Gasteiger partial charge in [0.2, 0.25) is 5.82 Å². The molecule has 0 atom stereocenters. The topological polar surface area (TPSA) is 94.1 Å². The van der Waals surface area contributed by atoms with E-state index in [1.807, 2.05) is 37.3 Å². The fourth-order valence-corrected chi connectivity index (χ4v) is 4.02. The molecule has 0 bridgehead atoms. The lowest BCUT2D eigenvalue weighted by Gasteiger charge is -2.13. The van der Waals surface area contributed by atoms with E-state index in [2.05, 4.69) is 19.7 Å². The first-order valence-corrected chi connectivity index (χ1v) is 11.4. The number of hydrogen-bond donors (Lipinski definition) is 1. The zero-order valence-electron chi connectivity index (χ0n) is 17.0. The third-order valence-electron chi connectivity index (χ3n) is 4.64. The molecule has 0 radical (unpaired) electrons. The summed E-state index contributed by atoms with van der Waals surface area (Å²) in [5, 5.41) is 0. The molecule has 4 rings (SSSR count). The molecule has 158 valence electrons. The van der Waals surface area contributed by atoms with E-state index in [1.165, 1.54) is 0 Å². The predicted molar refractivity (Wildman–Crippen MR) is 120 cm³/mol. The fourth-order valence-electron chi connectivity index (χ4n) is 3.02. The fraction of sp³-hybridized carbons (Fsp3) is 0.174. The third kappa shape index (κ3) is 5.16. The van der Waals surface area contributed by atoms with Crippen LogP contribution in [0, 0.1) is 6.92 Å². The van der Waals surface area contributed by atoms with E-state index in [9.17, 15) is 8.42 Å². The Balaban J connectivity index is 1.56. The van der Waals surface area contributed by atoms with E-state index in [0.29, 0.717) is 24.1 Å². The van der Waals surface area contributed by atoms with E-state index < -0.39 is 10.0 Å². The molecule has 1 N–H and O–H groups in total. The van der Waals surface area contributed by atoms with Gasteiger partial charge in [-0.25, -0.2) is 18.4 Å². The number of pyridine rings is 1. The molecule has 0 saturated heterocycles. The molecule has 0 aliphatic heterocycles. The number of nitrogens with one attached hydrogen (secondary N) is 1. The van der Waals surface area contributed by atoms with Gasteiger partial charge in [-0.15, -0.1) is 0 Å². The number of rotatable bonds is 8. The summed E-state index contributed by atoms with van der Waals surface area (Å²) < 4.78 is 34.1. The Kier molecular flexibility index (Phi) is 6.08. The zero-order chi connectivity index (χ0) is 21.7. The van der Waals surface area contributed by atoms with Gasteiger partial charge in [0.1, 0.15) is 0 Å². The Morgan fingerprint density at radius 3 is 2.32 bits per heavy atom. The number of aromatic nitrogens is 3. The number of benzene rings is 2. The minimum atomic E-state index is -3.84. The molecule has 8 heteroatoms. The van der Waals surface area contributed by atoms with Crippen molar-refractivity contribution < 1.29 is 13.2 Å². The molecule has 0 spiro atoms. The summed E-state index contributed by atoms with van der Waals surface area (Å²) in [5.41, 5.74) is 3.14. The molecule has 2 heterocycles. The minimum Gasteiger partial charge on any atom is -0.475 e. The summed E-state index contributed by atoms with van der Waals surface area (Å²) in [6.45, 7) is 2.25. The van der Waals surface area contributed by atoms with Crippen LogP contribution in [0.4, 0.5) is 5.82 Å². The van der Waals surface area contributed by atoms with E-state index in [0.717, 1.165) is 17.7 Å². The number of sulfonamides is 1. The Morgan fingerprint density at radius 2 is 1.61 bits per heavy atom. The number of fused-ring (bicyclic) bond motifs is 1. The molecule has 7 nitrogen and oxygen atoms in total. The van der Waals surface area contributed by atoms with Crippen molar-refractivity contribution in [2.24, 2.45) is 0 Å². The van der Waals surface area contributed by atoms with Gasteiger partial charge >= 0.3 is 0 Å². The first-order valence-electron chi connectivity index (χ1n) is 9.90. The van der Waals surface area contributed by atoms with Crippen LogP contribution in [0.25, 0.3) is 11.0 Å². The van der Waals surface area contributed by atoms with Gasteiger partial charge in [0.25, 0.3) is 15.9 Å². The second-order valence-electron chi connectivity index (χ2n) is 7.06. The van der Waals surface area contributed by atoms with Crippen molar-refractivity contribution in [3.63, 3.8) is 0 Å². The zero-order valence-corrected chi connectivity index (χ0v) is 17.8. The Hall–Kier alpha value is -3.52. The summed E-state index contributed by atoms with van der Waals surface area (Å²) in [6, 6.07) is 19.6. The van der Waals surface area contributed by atoms with Crippen LogP contribution < -0.4 is 9.46 Å². The molecule has 0 saturated carbocycles. The van der Waals surface area contributed by atoms with Gasteiger partial charge in [-0.2, -0.15) is 0 Å². The van der Waals surface area contributed by atoms with E-state index >= 15 is 0 Å². The standard InChI is InChI=1S/C23H22N4O3S/c1-17-11-13-19(14-12-17)31(28,29)27-22-23(26-21-10-3-2-9-20(21)25-22)30-16-6-8-18-7-4-5-15-24-18/h2-5,7,9-15H,6,8,16H2,1H3,(H,25,27). The average molecular weight is 435 g/mol. The van der Waals surface area contributed by atoms with E-state index in [-0.39, 0.29) is 16.6 Å². The van der Waals surface area contributed by atoms with Crippen LogP contribution in [0.5, 0.6) is 5.88 Å². The van der Waals surface area contributed by atoms with Crippen molar-refractivity contribution >= 4 is 26.9 Å². The molecular formula is C23H22N4O3S. The second kappa shape index (κ2) is 9.09. The van der Waals surface area contributed by atoms with Crippen molar-refractivity contribution in [2.75, 3.05) is 11.3 Å². The molecule has 2 aromatic heterocycles. The van der Waals surface area contributed by atoms with E-state index in [4.69, 9.17) is 4.74 Å². The molecule has 4 aromatic rings. The smallest absolute Gasteiger partial charge is 0.263 e. The van der Waals surface area contributed by atoms with Crippen LogP contribution in [0.3, 0.4) is 0 Å². The van der Waals surface area contributed by atoms with E-state index in [1.54, 1.807) is 42.6 Å². The summed E-state index contributed by atoms with van der Waals surface area (Å²) in [6.07, 6.45) is 3.20. The van der Waals surface area contributed by atoms with Gasteiger partial charge in [0.05, 0.1) is 22.5 Å². The van der Waals surface area contributed by atoms with Gasteiger partial charge in [0, 0.05) is 11.9 Å². The molecule has 31 heavy (non-hydrogen) atoms. The highest BCUT2D eigenvalue weighted by Crippen LogP contribution is 2.26. The highest BCUT2D eigenvalue weighted by atomic mass is 32.2. The minimum absolute atomic E-state index is 0.0668. The van der Waals surface area contributed by atoms with Crippen LogP contribution in [-0.2, 0) is 16.4 Å². The third-order valence-corrected chi connectivity index (χ3v) is 6.00. The summed E-state index contributed by atoms with van der Waals surface area (Å²) in [7, 11) is -3.84. The summed E-state index contributed by atoms with van der Waals surface area (Å²) >= 11 is 0. The number of para-hydroxylation sites is 2. The lowest BCUT2D eigenvalue weighted by Crippen LogP contribution is -2.16. The first kappa shape index (κ1) is 20.7. The highest BCUT2D eigenvalue weighted by molar-refractivity contribution is 7.92. The SMILES string of the molecule is Cc1ccc(S(=O)(=O)Nc2nc3ccccc3nc2OCCCc2ccccn2)cc1. The predicted octanol–water partition coefficient (Wildman–Crippen LogP) is 4.15. The normalized spacial score (nSPS) is 11.4. The van der Waals surface area contributed by atoms with Crippen molar-refractivity contribution in [3.05, 3.63) is 84.2 Å². The Labute approximate surface area is 181 Å². The van der Waals surface area contributed by atoms with Gasteiger partial charge < -0.3 is 4.74 Å². The molecule has 2 aromatic carbocycles. The average Bonchev–Trinajstić information content (AvgIpc) is 2.77. The largest absolute Gasteiger partial charge is 0.475 e. The van der Waals surface area contributed by atoms with Gasteiger partial charge in [-0.1, -0.05) is 35.9 Å². The summed E-state index contributed by atoms with van der Waals surface area (Å²) in [5.74, 6) is 0.215. The van der Waals surface area contributed by atoms with Gasteiger partial charge in [-0.05, 0) is 56.2 Å². The molecule has 0 amide bonds. The van der Waals surface area contributed by atoms with Crippen LogP contribution >= 0.6 is 0 Å². The quantitative estimate of drug-likeness (QED) is 0.419. The molecular weight excluding hydrogens is 412 g/mol.